The highest BCUT2D eigenvalue weighted by atomic mass is 19.1. The first-order valence-electron chi connectivity index (χ1n) is 5.24. The van der Waals surface area contributed by atoms with Crippen molar-refractivity contribution >= 4 is 5.97 Å². The van der Waals surface area contributed by atoms with Crippen molar-refractivity contribution in [3.63, 3.8) is 0 Å². The lowest BCUT2D eigenvalue weighted by atomic mass is 10.2. The lowest BCUT2D eigenvalue weighted by Gasteiger charge is -2.07. The molecule has 0 radical (unpaired) electrons. The number of carbonyl (C=O) groups is 1. The minimum absolute atomic E-state index is 0.183. The molecule has 2 rings (SSSR count). The van der Waals surface area contributed by atoms with Gasteiger partial charge in [0, 0.05) is 6.07 Å². The van der Waals surface area contributed by atoms with Gasteiger partial charge in [0.1, 0.15) is 18.1 Å². The maximum Gasteiger partial charge on any atom is 0.335 e. The minimum Gasteiger partial charge on any atom is -0.481 e. The van der Waals surface area contributed by atoms with Gasteiger partial charge in [0.15, 0.2) is 17.4 Å². The number of nitrogens with zero attached hydrogens (tertiary/aromatic N) is 1. The summed E-state index contributed by atoms with van der Waals surface area (Å²) in [6, 6.07) is 2.94. The highest BCUT2D eigenvalue weighted by Crippen LogP contribution is 2.24. The normalized spacial score (nSPS) is 10.5. The van der Waals surface area contributed by atoms with Gasteiger partial charge < -0.3 is 14.4 Å². The second kappa shape index (κ2) is 5.05. The summed E-state index contributed by atoms with van der Waals surface area (Å²) >= 11 is 0. The number of hydrogen-bond acceptors (Lipinski definition) is 4. The molecule has 0 amide bonds. The van der Waals surface area contributed by atoms with Crippen molar-refractivity contribution < 1.29 is 27.9 Å². The monoisotopic (exact) mass is 269 g/mol. The van der Waals surface area contributed by atoms with E-state index in [4.69, 9.17) is 14.4 Å². The fourth-order valence-corrected chi connectivity index (χ4v) is 1.45. The molecule has 0 saturated carbocycles. The van der Waals surface area contributed by atoms with E-state index >= 15 is 0 Å². The Bertz CT molecular complexity index is 601. The minimum atomic E-state index is -1.42. The average Bonchev–Trinajstić information content (AvgIpc) is 2.73. The van der Waals surface area contributed by atoms with Gasteiger partial charge in [-0.1, -0.05) is 5.16 Å². The van der Waals surface area contributed by atoms with Gasteiger partial charge in [0.25, 0.3) is 0 Å². The summed E-state index contributed by atoms with van der Waals surface area (Å²) in [5.74, 6) is -3.70. The zero-order valence-electron chi connectivity index (χ0n) is 9.81. The van der Waals surface area contributed by atoms with E-state index in [9.17, 15) is 13.6 Å². The topological polar surface area (TPSA) is 72.6 Å². The van der Waals surface area contributed by atoms with Crippen LogP contribution in [-0.4, -0.2) is 16.2 Å². The fraction of sp³-hybridized carbons (Fsp3) is 0.167. The smallest absolute Gasteiger partial charge is 0.335 e. The molecule has 2 aromatic rings. The maximum atomic E-state index is 13.5. The molecule has 100 valence electrons. The van der Waals surface area contributed by atoms with Crippen LogP contribution in [0.1, 0.15) is 21.8 Å². The van der Waals surface area contributed by atoms with Gasteiger partial charge in [-0.05, 0) is 19.1 Å². The van der Waals surface area contributed by atoms with Gasteiger partial charge in [-0.25, -0.2) is 13.6 Å². The summed E-state index contributed by atoms with van der Waals surface area (Å²) in [5.41, 5.74) is -0.113. The number of ether oxygens (including phenoxy) is 1. The molecule has 0 atom stereocenters. The predicted molar refractivity (Wildman–Crippen MR) is 58.9 cm³/mol. The van der Waals surface area contributed by atoms with Crippen LogP contribution in [0, 0.1) is 18.6 Å². The van der Waals surface area contributed by atoms with Crippen molar-refractivity contribution in [2.24, 2.45) is 0 Å². The molecule has 0 aliphatic carbocycles. The first kappa shape index (κ1) is 13.0. The van der Waals surface area contributed by atoms with Gasteiger partial charge in [-0.3, -0.25) is 0 Å². The number of rotatable bonds is 4. The molecule has 7 heteroatoms. The SMILES string of the molecule is Cc1cc(COc2c(F)cc(C(=O)O)cc2F)no1. The van der Waals surface area contributed by atoms with Gasteiger partial charge in [-0.15, -0.1) is 0 Å². The Labute approximate surface area is 106 Å². The number of aromatic nitrogens is 1. The van der Waals surface area contributed by atoms with Gasteiger partial charge in [0.05, 0.1) is 5.56 Å². The van der Waals surface area contributed by atoms with E-state index in [-0.39, 0.29) is 6.61 Å². The quantitative estimate of drug-likeness (QED) is 0.923. The maximum absolute atomic E-state index is 13.5. The third-order valence-corrected chi connectivity index (χ3v) is 2.29. The molecule has 0 fully saturated rings. The number of benzene rings is 1. The van der Waals surface area contributed by atoms with Crippen LogP contribution in [0.4, 0.5) is 8.78 Å². The van der Waals surface area contributed by atoms with Crippen LogP contribution in [0.25, 0.3) is 0 Å². The molecule has 1 heterocycles. The van der Waals surface area contributed by atoms with E-state index in [1.54, 1.807) is 13.0 Å². The predicted octanol–water partition coefficient (Wildman–Crippen LogP) is 2.54. The first-order valence-corrected chi connectivity index (χ1v) is 5.24. The summed E-state index contributed by atoms with van der Waals surface area (Å²) < 4.78 is 36.7. The third-order valence-electron chi connectivity index (χ3n) is 2.29. The van der Waals surface area contributed by atoms with Gasteiger partial charge in [-0.2, -0.15) is 0 Å². The van der Waals surface area contributed by atoms with Crippen molar-refractivity contribution in [1.82, 2.24) is 5.16 Å². The number of aryl methyl sites for hydroxylation is 1. The van der Waals surface area contributed by atoms with Crippen LogP contribution in [0.3, 0.4) is 0 Å². The van der Waals surface area contributed by atoms with E-state index < -0.39 is 28.9 Å². The van der Waals surface area contributed by atoms with E-state index in [0.29, 0.717) is 23.6 Å². The van der Waals surface area contributed by atoms with Crippen LogP contribution in [-0.2, 0) is 6.61 Å². The highest BCUT2D eigenvalue weighted by Gasteiger charge is 2.16. The fourth-order valence-electron chi connectivity index (χ4n) is 1.45. The van der Waals surface area contributed by atoms with Gasteiger partial charge in [0.2, 0.25) is 0 Å². The average molecular weight is 269 g/mol. The first-order chi connectivity index (χ1) is 8.97. The number of hydrogen-bond donors (Lipinski definition) is 1. The summed E-state index contributed by atoms with van der Waals surface area (Å²) in [7, 11) is 0. The molecule has 0 aliphatic rings. The number of halogens is 2. The van der Waals surface area contributed by atoms with Crippen LogP contribution >= 0.6 is 0 Å². The van der Waals surface area contributed by atoms with Crippen molar-refractivity contribution in [3.05, 3.63) is 46.9 Å². The summed E-state index contributed by atoms with van der Waals surface area (Å²) in [5, 5.41) is 12.2. The molecule has 0 saturated heterocycles. The molecule has 1 N–H and O–H groups in total. The summed E-state index contributed by atoms with van der Waals surface area (Å²) in [6.07, 6.45) is 0. The van der Waals surface area contributed by atoms with Gasteiger partial charge >= 0.3 is 5.97 Å². The van der Waals surface area contributed by atoms with Crippen LogP contribution in [0.2, 0.25) is 0 Å². The molecule has 0 aliphatic heterocycles. The molecule has 0 unspecified atom stereocenters. The van der Waals surface area contributed by atoms with E-state index in [0.717, 1.165) is 0 Å². The second-order valence-electron chi connectivity index (χ2n) is 3.79. The zero-order valence-corrected chi connectivity index (χ0v) is 9.81. The molecule has 0 bridgehead atoms. The van der Waals surface area contributed by atoms with Crippen molar-refractivity contribution in [3.8, 4) is 5.75 Å². The Kier molecular flexibility index (Phi) is 3.46. The molecular formula is C12H9F2NO4. The molecule has 1 aromatic heterocycles. The highest BCUT2D eigenvalue weighted by molar-refractivity contribution is 5.87. The summed E-state index contributed by atoms with van der Waals surface area (Å²) in [4.78, 5) is 10.6. The Morgan fingerprint density at radius 2 is 2.00 bits per heavy atom. The Balaban J connectivity index is 2.18. The van der Waals surface area contributed by atoms with Crippen LogP contribution in [0.5, 0.6) is 5.75 Å². The lowest BCUT2D eigenvalue weighted by Crippen LogP contribution is -2.04. The summed E-state index contributed by atoms with van der Waals surface area (Å²) in [6.45, 7) is 1.48. The molecule has 0 spiro atoms. The molecule has 19 heavy (non-hydrogen) atoms. The lowest BCUT2D eigenvalue weighted by molar-refractivity contribution is 0.0695. The Hall–Kier alpha value is -2.44. The Morgan fingerprint density at radius 3 is 2.47 bits per heavy atom. The van der Waals surface area contributed by atoms with E-state index in [1.165, 1.54) is 0 Å². The number of carboxylic acids is 1. The third kappa shape index (κ3) is 2.87. The van der Waals surface area contributed by atoms with Crippen molar-refractivity contribution in [2.45, 2.75) is 13.5 Å². The zero-order chi connectivity index (χ0) is 14.0. The Morgan fingerprint density at radius 1 is 1.37 bits per heavy atom. The second-order valence-corrected chi connectivity index (χ2v) is 3.79. The van der Waals surface area contributed by atoms with Crippen LogP contribution < -0.4 is 4.74 Å². The van der Waals surface area contributed by atoms with Crippen LogP contribution in [0.15, 0.2) is 22.7 Å². The number of carboxylic acid groups (broad SMARTS) is 1. The standard InChI is InChI=1S/C12H9F2NO4/c1-6-2-8(15-19-6)5-18-11-9(13)3-7(12(16)17)4-10(11)14/h2-4H,5H2,1H3,(H,16,17). The largest absolute Gasteiger partial charge is 0.481 e. The van der Waals surface area contributed by atoms with E-state index in [1.807, 2.05) is 0 Å². The number of aromatic carboxylic acids is 1. The molecule has 1 aromatic carbocycles. The molecular weight excluding hydrogens is 260 g/mol. The molecule has 5 nitrogen and oxygen atoms in total. The van der Waals surface area contributed by atoms with Crippen molar-refractivity contribution in [2.75, 3.05) is 0 Å². The van der Waals surface area contributed by atoms with Crippen molar-refractivity contribution in [1.29, 1.82) is 0 Å². The van der Waals surface area contributed by atoms with E-state index in [2.05, 4.69) is 5.16 Å².